The van der Waals surface area contributed by atoms with E-state index in [1.807, 2.05) is 0 Å². The van der Waals surface area contributed by atoms with Crippen molar-refractivity contribution in [1.82, 2.24) is 0 Å². The van der Waals surface area contributed by atoms with E-state index in [0.29, 0.717) is 6.54 Å². The molecule has 7 heteroatoms. The van der Waals surface area contributed by atoms with Crippen LogP contribution in [0.5, 0.6) is 0 Å². The van der Waals surface area contributed by atoms with E-state index in [0.717, 1.165) is 6.21 Å². The molecule has 0 aliphatic carbocycles. The van der Waals surface area contributed by atoms with Crippen LogP contribution >= 0.6 is 10.7 Å². The molecule has 0 fully saturated rings. The van der Waals surface area contributed by atoms with Gasteiger partial charge in [0.25, 0.3) is 9.05 Å². The second-order valence-corrected chi connectivity index (χ2v) is 4.04. The first-order valence-corrected chi connectivity index (χ1v) is 5.05. The molecule has 11 heavy (non-hydrogen) atoms. The third-order valence-corrected chi connectivity index (χ3v) is 1.96. The summed E-state index contributed by atoms with van der Waals surface area (Å²) in [5.74, 6) is 4.72. The Bertz CT molecular complexity index is 269. The molecule has 2 N–H and O–H groups in total. The molecule has 0 radical (unpaired) electrons. The van der Waals surface area contributed by atoms with Crippen LogP contribution in [0.1, 0.15) is 6.92 Å². The lowest BCUT2D eigenvalue weighted by Crippen LogP contribution is -2.11. The van der Waals surface area contributed by atoms with Gasteiger partial charge >= 0.3 is 0 Å². The monoisotopic (exact) mass is 197 g/mol. The van der Waals surface area contributed by atoms with Gasteiger partial charge in [0.05, 0.1) is 6.21 Å². The zero-order chi connectivity index (χ0) is 8.91. The molecule has 0 saturated heterocycles. The number of nitrogens with two attached hydrogens (primary N) is 1. The van der Waals surface area contributed by atoms with Gasteiger partial charge in [0.2, 0.25) is 0 Å². The summed E-state index contributed by atoms with van der Waals surface area (Å²) in [6.45, 7) is 1.99. The number of aliphatic imine (C=N–C) groups is 1. The van der Waals surface area contributed by atoms with Gasteiger partial charge in [-0.1, -0.05) is 0 Å². The highest BCUT2D eigenvalue weighted by molar-refractivity contribution is 8.26. The van der Waals surface area contributed by atoms with Gasteiger partial charge in [0, 0.05) is 17.2 Å². The molecule has 0 aromatic rings. The first-order chi connectivity index (χ1) is 5.02. The summed E-state index contributed by atoms with van der Waals surface area (Å²) < 4.78 is 21.2. The van der Waals surface area contributed by atoms with E-state index in [1.54, 1.807) is 6.92 Å². The van der Waals surface area contributed by atoms with Crippen LogP contribution in [0.2, 0.25) is 0 Å². The van der Waals surface area contributed by atoms with Crippen molar-refractivity contribution in [3.63, 3.8) is 0 Å². The predicted molar refractivity (Wildman–Crippen MR) is 45.4 cm³/mol. The standard InChI is InChI=1S/C4H8ClN3O2S/c1-2-7-4(3-8-6)11(5,9)10/h3H,2,6H2,1H3/b7-4?,8-3-. The fourth-order valence-electron chi connectivity index (χ4n) is 0.400. The van der Waals surface area contributed by atoms with Crippen LogP contribution in [0.15, 0.2) is 10.1 Å². The first kappa shape index (κ1) is 10.4. The molecule has 0 unspecified atom stereocenters. The summed E-state index contributed by atoms with van der Waals surface area (Å²) in [6, 6.07) is 0. The highest BCUT2D eigenvalue weighted by Gasteiger charge is 2.12. The molecule has 0 aliphatic rings. The van der Waals surface area contributed by atoms with Gasteiger partial charge < -0.3 is 5.84 Å². The number of rotatable bonds is 2. The first-order valence-electron chi connectivity index (χ1n) is 2.74. The maximum absolute atomic E-state index is 10.6. The predicted octanol–water partition coefficient (Wildman–Crippen LogP) is -0.0821. The minimum Gasteiger partial charge on any atom is -0.323 e. The van der Waals surface area contributed by atoms with Crippen molar-refractivity contribution in [2.75, 3.05) is 6.54 Å². The van der Waals surface area contributed by atoms with Gasteiger partial charge in [0.15, 0.2) is 5.04 Å². The van der Waals surface area contributed by atoms with E-state index in [-0.39, 0.29) is 5.04 Å². The Morgan fingerprint density at radius 3 is 2.55 bits per heavy atom. The molecule has 0 rings (SSSR count). The zero-order valence-corrected chi connectivity index (χ0v) is 7.43. The maximum atomic E-state index is 10.6. The van der Waals surface area contributed by atoms with Crippen LogP contribution in [0, 0.1) is 0 Å². The van der Waals surface area contributed by atoms with Crippen molar-refractivity contribution in [3.05, 3.63) is 0 Å². The zero-order valence-electron chi connectivity index (χ0n) is 5.86. The normalized spacial score (nSPS) is 14.2. The molecule has 0 bridgehead atoms. The van der Waals surface area contributed by atoms with Gasteiger partial charge in [-0.3, -0.25) is 4.99 Å². The van der Waals surface area contributed by atoms with Gasteiger partial charge in [-0.25, -0.2) is 8.42 Å². The smallest absolute Gasteiger partial charge is 0.279 e. The second kappa shape index (κ2) is 4.30. The Labute approximate surface area is 69.4 Å². The van der Waals surface area contributed by atoms with Crippen LogP contribution in [0.4, 0.5) is 0 Å². The number of nitrogens with zero attached hydrogens (tertiary/aromatic N) is 2. The Kier molecular flexibility index (Phi) is 4.06. The van der Waals surface area contributed by atoms with Crippen molar-refractivity contribution < 1.29 is 8.42 Å². The van der Waals surface area contributed by atoms with Crippen molar-refractivity contribution in [3.8, 4) is 0 Å². The lowest BCUT2D eigenvalue weighted by Gasteiger charge is -1.91. The molecule has 0 aromatic carbocycles. The summed E-state index contributed by atoms with van der Waals surface area (Å²) >= 11 is 0. The molecule has 64 valence electrons. The largest absolute Gasteiger partial charge is 0.323 e. The Morgan fingerprint density at radius 1 is 1.73 bits per heavy atom. The lowest BCUT2D eigenvalue weighted by molar-refractivity contribution is 0.619. The minimum absolute atomic E-state index is 0.313. The molecule has 0 amide bonds. The summed E-state index contributed by atoms with van der Waals surface area (Å²) in [5.41, 5.74) is 0. The number of halogens is 1. The lowest BCUT2D eigenvalue weighted by atomic mass is 10.7. The van der Waals surface area contributed by atoms with Gasteiger partial charge in [-0.15, -0.1) is 0 Å². The highest BCUT2D eigenvalue weighted by atomic mass is 35.7. The quantitative estimate of drug-likeness (QED) is 0.221. The van der Waals surface area contributed by atoms with Gasteiger partial charge in [0.1, 0.15) is 0 Å². The Morgan fingerprint density at radius 2 is 2.27 bits per heavy atom. The SMILES string of the molecule is CCN=C(/C=N\N)S(=O)(=O)Cl. The highest BCUT2D eigenvalue weighted by Crippen LogP contribution is 1.98. The topological polar surface area (TPSA) is 84.9 Å². The Hall–Kier alpha value is -0.620. The van der Waals surface area contributed by atoms with E-state index in [4.69, 9.17) is 16.5 Å². The molecule has 0 aliphatic heterocycles. The van der Waals surface area contributed by atoms with E-state index in [9.17, 15) is 8.42 Å². The summed E-state index contributed by atoms with van der Waals surface area (Å²) in [5, 5.41) is 2.69. The molecule has 0 aromatic heterocycles. The van der Waals surface area contributed by atoms with Crippen LogP contribution in [0.25, 0.3) is 0 Å². The summed E-state index contributed by atoms with van der Waals surface area (Å²) in [7, 11) is 1.16. The van der Waals surface area contributed by atoms with Gasteiger partial charge in [-0.2, -0.15) is 5.10 Å². The third-order valence-electron chi connectivity index (χ3n) is 0.749. The number of hydrazone groups is 1. The second-order valence-electron chi connectivity index (χ2n) is 1.53. The van der Waals surface area contributed by atoms with Crippen LogP contribution in [0.3, 0.4) is 0 Å². The van der Waals surface area contributed by atoms with Crippen LogP contribution in [-0.2, 0) is 9.05 Å². The molecular formula is C4H8ClN3O2S. The average Bonchev–Trinajstić information content (AvgIpc) is 1.85. The molecule has 0 atom stereocenters. The third kappa shape index (κ3) is 3.94. The van der Waals surface area contributed by atoms with E-state index < -0.39 is 9.05 Å². The summed E-state index contributed by atoms with van der Waals surface area (Å²) in [4.78, 5) is 3.55. The molecule has 5 nitrogen and oxygen atoms in total. The molecule has 0 spiro atoms. The van der Waals surface area contributed by atoms with Gasteiger partial charge in [-0.05, 0) is 6.92 Å². The minimum atomic E-state index is -3.80. The molecular weight excluding hydrogens is 190 g/mol. The van der Waals surface area contributed by atoms with E-state index >= 15 is 0 Å². The van der Waals surface area contributed by atoms with E-state index in [2.05, 4.69) is 10.1 Å². The van der Waals surface area contributed by atoms with Crippen LogP contribution < -0.4 is 5.84 Å². The average molecular weight is 198 g/mol. The van der Waals surface area contributed by atoms with Crippen LogP contribution in [-0.4, -0.2) is 26.2 Å². The van der Waals surface area contributed by atoms with Crippen molar-refractivity contribution >= 4 is 31.0 Å². The fourth-order valence-corrected chi connectivity index (χ4v) is 1.14. The van der Waals surface area contributed by atoms with Crippen molar-refractivity contribution in [2.24, 2.45) is 15.9 Å². The maximum Gasteiger partial charge on any atom is 0.279 e. The summed E-state index contributed by atoms with van der Waals surface area (Å²) in [6.07, 6.45) is 0.895. The number of hydrogen-bond acceptors (Lipinski definition) is 5. The van der Waals surface area contributed by atoms with E-state index in [1.165, 1.54) is 0 Å². The van der Waals surface area contributed by atoms with Crippen molar-refractivity contribution in [1.29, 1.82) is 0 Å². The van der Waals surface area contributed by atoms with Crippen molar-refractivity contribution in [2.45, 2.75) is 6.92 Å². The Balaban J connectivity index is 4.78. The molecule has 0 heterocycles. The number of hydrogen-bond donors (Lipinski definition) is 1. The molecule has 0 saturated carbocycles. The fraction of sp³-hybridized carbons (Fsp3) is 0.500.